The monoisotopic (exact) mass is 438 g/mol. The summed E-state index contributed by atoms with van der Waals surface area (Å²) in [5, 5.41) is 0. The van der Waals surface area contributed by atoms with Crippen molar-refractivity contribution in [3.8, 4) is 11.6 Å². The van der Waals surface area contributed by atoms with Crippen LogP contribution in [0.4, 0.5) is 5.82 Å². The average Bonchev–Trinajstić information content (AvgIpc) is 2.74. The number of para-hydroxylation sites is 1. The van der Waals surface area contributed by atoms with E-state index in [0.29, 0.717) is 43.6 Å². The summed E-state index contributed by atoms with van der Waals surface area (Å²) in [5.74, 6) is 2.56. The molecule has 162 valence electrons. The first kappa shape index (κ1) is 21.3. The van der Waals surface area contributed by atoms with E-state index in [1.54, 1.807) is 10.4 Å². The van der Waals surface area contributed by atoms with Crippen molar-refractivity contribution in [2.24, 2.45) is 0 Å². The van der Waals surface area contributed by atoms with E-state index in [2.05, 4.69) is 14.9 Å². The van der Waals surface area contributed by atoms with Crippen molar-refractivity contribution in [2.45, 2.75) is 19.6 Å². The molecule has 4 rings (SSSR count). The fourth-order valence-corrected chi connectivity index (χ4v) is 5.15. The molecule has 2 heterocycles. The SMILES string of the molecule is Cc1cccc(CS(=O)(=O)N2CCN(c3cc(Oc4ccccc4)nc(C)n3)CC2)c1. The van der Waals surface area contributed by atoms with Gasteiger partial charge in [-0.3, -0.25) is 0 Å². The topological polar surface area (TPSA) is 75.6 Å². The zero-order valence-electron chi connectivity index (χ0n) is 17.7. The summed E-state index contributed by atoms with van der Waals surface area (Å²) >= 11 is 0. The van der Waals surface area contributed by atoms with Crippen LogP contribution in [0.3, 0.4) is 0 Å². The molecule has 0 saturated carbocycles. The minimum absolute atomic E-state index is 0.0242. The Kier molecular flexibility index (Phi) is 6.20. The van der Waals surface area contributed by atoms with Gasteiger partial charge in [-0.05, 0) is 31.5 Å². The van der Waals surface area contributed by atoms with Crippen LogP contribution >= 0.6 is 0 Å². The van der Waals surface area contributed by atoms with Gasteiger partial charge >= 0.3 is 0 Å². The van der Waals surface area contributed by atoms with Gasteiger partial charge in [0.05, 0.1) is 5.75 Å². The van der Waals surface area contributed by atoms with Gasteiger partial charge in [0.2, 0.25) is 15.9 Å². The summed E-state index contributed by atoms with van der Waals surface area (Å²) in [4.78, 5) is 11.0. The summed E-state index contributed by atoms with van der Waals surface area (Å²) in [6.07, 6.45) is 0. The second-order valence-corrected chi connectivity index (χ2v) is 9.63. The Bertz CT molecular complexity index is 1140. The van der Waals surface area contributed by atoms with Gasteiger partial charge < -0.3 is 9.64 Å². The number of nitrogens with zero attached hydrogens (tertiary/aromatic N) is 4. The predicted molar refractivity (Wildman–Crippen MR) is 121 cm³/mol. The third-order valence-corrected chi connectivity index (χ3v) is 7.00. The average molecular weight is 439 g/mol. The molecule has 1 saturated heterocycles. The lowest BCUT2D eigenvalue weighted by Crippen LogP contribution is -2.49. The summed E-state index contributed by atoms with van der Waals surface area (Å²) in [6.45, 7) is 5.76. The number of sulfonamides is 1. The van der Waals surface area contributed by atoms with Gasteiger partial charge in [0.15, 0.2) is 0 Å². The summed E-state index contributed by atoms with van der Waals surface area (Å²) in [7, 11) is -3.37. The predicted octanol–water partition coefficient (Wildman–Crippen LogP) is 3.54. The van der Waals surface area contributed by atoms with Crippen molar-refractivity contribution in [3.05, 3.63) is 77.6 Å². The quantitative estimate of drug-likeness (QED) is 0.586. The highest BCUT2D eigenvalue weighted by Gasteiger charge is 2.28. The van der Waals surface area contributed by atoms with Crippen molar-refractivity contribution in [1.29, 1.82) is 0 Å². The number of aryl methyl sites for hydroxylation is 2. The van der Waals surface area contributed by atoms with Crippen LogP contribution in [0.15, 0.2) is 60.7 Å². The van der Waals surface area contributed by atoms with E-state index >= 15 is 0 Å². The third kappa shape index (κ3) is 5.39. The van der Waals surface area contributed by atoms with E-state index in [1.807, 2.05) is 68.4 Å². The molecule has 8 heteroatoms. The molecule has 0 unspecified atom stereocenters. The molecule has 3 aromatic rings. The Morgan fingerprint density at radius 3 is 2.35 bits per heavy atom. The summed E-state index contributed by atoms with van der Waals surface area (Å²) in [6, 6.07) is 18.9. The number of piperazine rings is 1. The van der Waals surface area contributed by atoms with Crippen molar-refractivity contribution >= 4 is 15.8 Å². The summed E-state index contributed by atoms with van der Waals surface area (Å²) in [5.41, 5.74) is 1.88. The zero-order chi connectivity index (χ0) is 21.8. The normalized spacial score (nSPS) is 15.1. The first-order chi connectivity index (χ1) is 14.9. The van der Waals surface area contributed by atoms with E-state index in [1.165, 1.54) is 0 Å². The van der Waals surface area contributed by atoms with Gasteiger partial charge in [-0.2, -0.15) is 9.29 Å². The molecule has 1 aliphatic heterocycles. The van der Waals surface area contributed by atoms with E-state index in [-0.39, 0.29) is 5.75 Å². The fourth-order valence-electron chi connectivity index (χ4n) is 3.65. The van der Waals surface area contributed by atoms with Crippen molar-refractivity contribution in [3.63, 3.8) is 0 Å². The molecule has 0 aliphatic carbocycles. The van der Waals surface area contributed by atoms with Crippen molar-refractivity contribution in [2.75, 3.05) is 31.1 Å². The molecule has 1 aliphatic rings. The molecule has 0 radical (unpaired) electrons. The van der Waals surface area contributed by atoms with Crippen LogP contribution in [0.5, 0.6) is 11.6 Å². The minimum Gasteiger partial charge on any atom is -0.439 e. The van der Waals surface area contributed by atoms with Crippen molar-refractivity contribution < 1.29 is 13.2 Å². The minimum atomic E-state index is -3.37. The number of anilines is 1. The number of hydrogen-bond acceptors (Lipinski definition) is 6. The molecule has 0 atom stereocenters. The maximum absolute atomic E-state index is 12.9. The zero-order valence-corrected chi connectivity index (χ0v) is 18.5. The Morgan fingerprint density at radius 1 is 0.903 bits per heavy atom. The van der Waals surface area contributed by atoms with Gasteiger partial charge in [0.1, 0.15) is 17.4 Å². The Hall–Kier alpha value is -2.97. The number of aromatic nitrogens is 2. The number of rotatable bonds is 6. The van der Waals surface area contributed by atoms with Gasteiger partial charge in [-0.25, -0.2) is 13.4 Å². The standard InChI is InChI=1S/C23H26N4O3S/c1-18-7-6-8-20(15-18)17-31(28,29)27-13-11-26(12-14-27)22-16-23(25-19(2)24-22)30-21-9-4-3-5-10-21/h3-10,15-16H,11-14,17H2,1-2H3. The first-order valence-corrected chi connectivity index (χ1v) is 11.9. The number of benzene rings is 2. The van der Waals surface area contributed by atoms with Crippen LogP contribution in [0, 0.1) is 13.8 Å². The van der Waals surface area contributed by atoms with Crippen LogP contribution in [0.1, 0.15) is 17.0 Å². The molecule has 2 aromatic carbocycles. The maximum atomic E-state index is 12.9. The lowest BCUT2D eigenvalue weighted by Gasteiger charge is -2.34. The highest BCUT2D eigenvalue weighted by molar-refractivity contribution is 7.88. The van der Waals surface area contributed by atoms with Crippen LogP contribution in [0.2, 0.25) is 0 Å². The van der Waals surface area contributed by atoms with Crippen LogP contribution in [-0.4, -0.2) is 48.9 Å². The lowest BCUT2D eigenvalue weighted by atomic mass is 10.2. The number of ether oxygens (including phenoxy) is 1. The molecule has 0 bridgehead atoms. The Balaban J connectivity index is 1.42. The number of hydrogen-bond donors (Lipinski definition) is 0. The third-order valence-electron chi connectivity index (χ3n) is 5.15. The van der Waals surface area contributed by atoms with Crippen molar-refractivity contribution in [1.82, 2.24) is 14.3 Å². The molecular weight excluding hydrogens is 412 g/mol. The van der Waals surface area contributed by atoms with Gasteiger partial charge in [0, 0.05) is 32.2 Å². The maximum Gasteiger partial charge on any atom is 0.224 e. The van der Waals surface area contributed by atoms with E-state index in [9.17, 15) is 8.42 Å². The molecule has 0 amide bonds. The van der Waals surface area contributed by atoms with E-state index < -0.39 is 10.0 Å². The van der Waals surface area contributed by atoms with Crippen LogP contribution < -0.4 is 9.64 Å². The highest BCUT2D eigenvalue weighted by atomic mass is 32.2. The summed E-state index contributed by atoms with van der Waals surface area (Å²) < 4.78 is 33.2. The molecule has 31 heavy (non-hydrogen) atoms. The highest BCUT2D eigenvalue weighted by Crippen LogP contribution is 2.24. The second-order valence-electron chi connectivity index (χ2n) is 7.66. The largest absolute Gasteiger partial charge is 0.439 e. The first-order valence-electron chi connectivity index (χ1n) is 10.3. The lowest BCUT2D eigenvalue weighted by molar-refractivity contribution is 0.382. The molecule has 1 fully saturated rings. The van der Waals surface area contributed by atoms with Crippen LogP contribution in [-0.2, 0) is 15.8 Å². The molecular formula is C23H26N4O3S. The van der Waals surface area contributed by atoms with Crippen LogP contribution in [0.25, 0.3) is 0 Å². The fraction of sp³-hybridized carbons (Fsp3) is 0.304. The van der Waals surface area contributed by atoms with E-state index in [0.717, 1.165) is 16.9 Å². The van der Waals surface area contributed by atoms with Gasteiger partial charge in [-0.1, -0.05) is 48.0 Å². The molecule has 7 nitrogen and oxygen atoms in total. The van der Waals surface area contributed by atoms with Gasteiger partial charge in [-0.15, -0.1) is 0 Å². The molecule has 0 N–H and O–H groups in total. The molecule has 0 spiro atoms. The Morgan fingerprint density at radius 2 is 1.65 bits per heavy atom. The van der Waals surface area contributed by atoms with Gasteiger partial charge in [0.25, 0.3) is 0 Å². The Labute approximate surface area is 183 Å². The smallest absolute Gasteiger partial charge is 0.224 e. The van der Waals surface area contributed by atoms with E-state index in [4.69, 9.17) is 4.74 Å². The molecule has 1 aromatic heterocycles. The second kappa shape index (κ2) is 9.03.